The number of aliphatic hydroxyl groups is 1. The Labute approximate surface area is 133 Å². The van der Waals surface area contributed by atoms with E-state index < -0.39 is 5.60 Å². The second-order valence-electron chi connectivity index (χ2n) is 5.67. The minimum Gasteiger partial charge on any atom is -0.386 e. The van der Waals surface area contributed by atoms with Gasteiger partial charge < -0.3 is 20.3 Å². The topological polar surface area (TPSA) is 112 Å². The minimum absolute atomic E-state index is 0.00301. The molecular formula is C15H21N5O3. The van der Waals surface area contributed by atoms with Crippen LogP contribution < -0.4 is 10.6 Å². The Hall–Kier alpha value is -2.61. The molecule has 2 aromatic rings. The van der Waals surface area contributed by atoms with Crippen molar-refractivity contribution in [3.63, 3.8) is 0 Å². The van der Waals surface area contributed by atoms with Crippen molar-refractivity contribution in [1.82, 2.24) is 25.4 Å². The van der Waals surface area contributed by atoms with E-state index in [0.717, 1.165) is 0 Å². The second kappa shape index (κ2) is 7.10. The number of amides is 2. The van der Waals surface area contributed by atoms with Crippen molar-refractivity contribution in [2.24, 2.45) is 0 Å². The minimum atomic E-state index is -1.26. The maximum Gasteiger partial charge on any atom is 0.269 e. The summed E-state index contributed by atoms with van der Waals surface area (Å²) < 4.78 is 1.77. The smallest absolute Gasteiger partial charge is 0.269 e. The molecule has 0 aromatic carbocycles. The Balaban J connectivity index is 1.79. The van der Waals surface area contributed by atoms with Gasteiger partial charge in [-0.3, -0.25) is 14.7 Å². The van der Waals surface area contributed by atoms with Gasteiger partial charge in [-0.15, -0.1) is 0 Å². The summed E-state index contributed by atoms with van der Waals surface area (Å²) in [5.74, 6) is -0.573. The molecule has 0 saturated carbocycles. The lowest BCUT2D eigenvalue weighted by Crippen LogP contribution is -2.49. The molecule has 0 radical (unpaired) electrons. The van der Waals surface area contributed by atoms with Crippen LogP contribution in [0.5, 0.6) is 0 Å². The van der Waals surface area contributed by atoms with Gasteiger partial charge in [0.1, 0.15) is 11.7 Å². The predicted octanol–water partition coefficient (Wildman–Crippen LogP) is 0.0694. The average Bonchev–Trinajstić information content (AvgIpc) is 3.22. The molecule has 2 aromatic heterocycles. The van der Waals surface area contributed by atoms with E-state index in [9.17, 15) is 14.7 Å². The van der Waals surface area contributed by atoms with Crippen molar-refractivity contribution in [2.45, 2.75) is 25.5 Å². The summed E-state index contributed by atoms with van der Waals surface area (Å²) in [6, 6.07) is 4.83. The highest BCUT2D eigenvalue weighted by Gasteiger charge is 2.24. The first-order valence-electron chi connectivity index (χ1n) is 7.29. The molecule has 124 valence electrons. The summed E-state index contributed by atoms with van der Waals surface area (Å²) in [6.45, 7) is 3.34. The normalized spacial score (nSPS) is 14.7. The third kappa shape index (κ3) is 4.68. The number of carbonyl (C=O) groups is 2. The van der Waals surface area contributed by atoms with Crippen molar-refractivity contribution in [2.75, 3.05) is 13.1 Å². The first kappa shape index (κ1) is 16.8. The number of nitrogens with zero attached hydrogens (tertiary/aromatic N) is 2. The number of carbonyl (C=O) groups excluding carboxylic acids is 2. The molecule has 8 heteroatoms. The molecular weight excluding hydrogens is 298 g/mol. The zero-order valence-electron chi connectivity index (χ0n) is 13.1. The Bertz CT molecular complexity index is 634. The van der Waals surface area contributed by atoms with Crippen molar-refractivity contribution < 1.29 is 14.7 Å². The average molecular weight is 319 g/mol. The highest BCUT2D eigenvalue weighted by Crippen LogP contribution is 2.07. The molecule has 2 amide bonds. The van der Waals surface area contributed by atoms with E-state index in [2.05, 4.69) is 20.8 Å². The summed E-state index contributed by atoms with van der Waals surface area (Å²) in [7, 11) is 0. The maximum absolute atomic E-state index is 12.1. The molecule has 4 N–H and O–H groups in total. The fourth-order valence-corrected chi connectivity index (χ4v) is 1.98. The SMILES string of the molecule is C[C@@H](C(=O)NC[C@](C)(O)CNC(=O)c1ccn[nH]1)n1cccc1. The molecule has 2 atom stereocenters. The van der Waals surface area contributed by atoms with Gasteiger partial charge in [0.15, 0.2) is 0 Å². The number of nitrogens with one attached hydrogen (secondary N) is 3. The third-order valence-corrected chi connectivity index (χ3v) is 3.47. The molecule has 0 spiro atoms. The maximum atomic E-state index is 12.1. The lowest BCUT2D eigenvalue weighted by atomic mass is 10.1. The van der Waals surface area contributed by atoms with Crippen LogP contribution in [0.3, 0.4) is 0 Å². The van der Waals surface area contributed by atoms with Crippen LogP contribution in [0.25, 0.3) is 0 Å². The highest BCUT2D eigenvalue weighted by atomic mass is 16.3. The van der Waals surface area contributed by atoms with Crippen LogP contribution in [0.15, 0.2) is 36.8 Å². The Morgan fingerprint density at radius 2 is 2.00 bits per heavy atom. The quantitative estimate of drug-likeness (QED) is 0.578. The monoisotopic (exact) mass is 319 g/mol. The number of rotatable bonds is 7. The summed E-state index contributed by atoms with van der Waals surface area (Å²) in [5, 5.41) is 21.8. The molecule has 0 aliphatic rings. The molecule has 0 bridgehead atoms. The van der Waals surface area contributed by atoms with Crippen LogP contribution in [0.2, 0.25) is 0 Å². The van der Waals surface area contributed by atoms with Crippen molar-refractivity contribution in [1.29, 1.82) is 0 Å². The van der Waals surface area contributed by atoms with E-state index in [1.165, 1.54) is 12.3 Å². The first-order valence-corrected chi connectivity index (χ1v) is 7.29. The number of hydrogen-bond donors (Lipinski definition) is 4. The van der Waals surface area contributed by atoms with Crippen LogP contribution in [-0.4, -0.2) is 50.4 Å². The Morgan fingerprint density at radius 1 is 1.35 bits per heavy atom. The van der Waals surface area contributed by atoms with E-state index in [0.29, 0.717) is 5.69 Å². The summed E-state index contributed by atoms with van der Waals surface area (Å²) in [6.07, 6.45) is 5.07. The van der Waals surface area contributed by atoms with Gasteiger partial charge in [-0.2, -0.15) is 5.10 Å². The number of aromatic nitrogens is 3. The Morgan fingerprint density at radius 3 is 2.61 bits per heavy atom. The molecule has 23 heavy (non-hydrogen) atoms. The van der Waals surface area contributed by atoms with Gasteiger partial charge in [-0.1, -0.05) is 0 Å². The van der Waals surface area contributed by atoms with Crippen LogP contribution in [0.1, 0.15) is 30.4 Å². The Kier molecular flexibility index (Phi) is 5.17. The predicted molar refractivity (Wildman–Crippen MR) is 83.7 cm³/mol. The van der Waals surface area contributed by atoms with Gasteiger partial charge >= 0.3 is 0 Å². The first-order chi connectivity index (χ1) is 10.9. The van der Waals surface area contributed by atoms with Crippen LogP contribution in [-0.2, 0) is 4.79 Å². The second-order valence-corrected chi connectivity index (χ2v) is 5.67. The molecule has 0 saturated heterocycles. The van der Waals surface area contributed by atoms with Crippen LogP contribution >= 0.6 is 0 Å². The van der Waals surface area contributed by atoms with Gasteiger partial charge in [0.05, 0.1) is 5.60 Å². The number of H-pyrrole nitrogens is 1. The van der Waals surface area contributed by atoms with Crippen molar-refractivity contribution >= 4 is 11.8 Å². The zero-order chi connectivity index (χ0) is 16.9. The number of hydrogen-bond acceptors (Lipinski definition) is 4. The van der Waals surface area contributed by atoms with E-state index in [4.69, 9.17) is 0 Å². The van der Waals surface area contributed by atoms with Gasteiger partial charge in [0.25, 0.3) is 5.91 Å². The standard InChI is InChI=1S/C15H21N5O3/c1-11(20-7-3-4-8-20)13(21)16-9-15(2,23)10-17-14(22)12-5-6-18-19-12/h3-8,11,23H,9-10H2,1-2H3,(H,16,21)(H,17,22)(H,18,19)/t11-,15-/m0/s1. The fraction of sp³-hybridized carbons (Fsp3) is 0.400. The third-order valence-electron chi connectivity index (χ3n) is 3.47. The highest BCUT2D eigenvalue weighted by molar-refractivity contribution is 5.92. The van der Waals surface area contributed by atoms with E-state index >= 15 is 0 Å². The zero-order valence-corrected chi connectivity index (χ0v) is 13.1. The van der Waals surface area contributed by atoms with Gasteiger partial charge in [-0.05, 0) is 32.0 Å². The lowest BCUT2D eigenvalue weighted by Gasteiger charge is -2.25. The molecule has 0 aliphatic carbocycles. The molecule has 0 unspecified atom stereocenters. The van der Waals surface area contributed by atoms with Crippen LogP contribution in [0.4, 0.5) is 0 Å². The van der Waals surface area contributed by atoms with E-state index in [-0.39, 0.29) is 30.9 Å². The molecule has 0 aliphatic heterocycles. The van der Waals surface area contributed by atoms with Crippen molar-refractivity contribution in [3.8, 4) is 0 Å². The summed E-state index contributed by atoms with van der Waals surface area (Å²) in [4.78, 5) is 23.8. The van der Waals surface area contributed by atoms with Gasteiger partial charge in [0.2, 0.25) is 5.91 Å². The molecule has 0 fully saturated rings. The molecule has 8 nitrogen and oxygen atoms in total. The fourth-order valence-electron chi connectivity index (χ4n) is 1.98. The molecule has 2 heterocycles. The van der Waals surface area contributed by atoms with E-state index in [1.807, 2.05) is 12.1 Å². The largest absolute Gasteiger partial charge is 0.386 e. The lowest BCUT2D eigenvalue weighted by molar-refractivity contribution is -0.124. The summed E-state index contributed by atoms with van der Waals surface area (Å²) in [5.41, 5.74) is -0.951. The number of aromatic amines is 1. The van der Waals surface area contributed by atoms with Gasteiger partial charge in [0, 0.05) is 31.7 Å². The van der Waals surface area contributed by atoms with Crippen molar-refractivity contribution in [3.05, 3.63) is 42.5 Å². The molecule has 2 rings (SSSR count). The van der Waals surface area contributed by atoms with E-state index in [1.54, 1.807) is 30.8 Å². The van der Waals surface area contributed by atoms with Crippen LogP contribution in [0, 0.1) is 0 Å². The summed E-state index contributed by atoms with van der Waals surface area (Å²) >= 11 is 0. The van der Waals surface area contributed by atoms with Gasteiger partial charge in [-0.25, -0.2) is 0 Å².